The topological polar surface area (TPSA) is 56.6 Å². The number of amides is 1. The maximum Gasteiger partial charge on any atom is 0.244 e. The van der Waals surface area contributed by atoms with Gasteiger partial charge in [0.2, 0.25) is 5.91 Å². The van der Waals surface area contributed by atoms with Gasteiger partial charge in [0.05, 0.1) is 25.1 Å². The van der Waals surface area contributed by atoms with Crippen LogP contribution < -0.4 is 9.64 Å². The second-order valence-corrected chi connectivity index (χ2v) is 7.54. The summed E-state index contributed by atoms with van der Waals surface area (Å²) in [6.45, 7) is 4.82. The van der Waals surface area contributed by atoms with Crippen molar-refractivity contribution in [2.75, 3.05) is 31.1 Å². The SMILES string of the molecule is CC(C(=O)N(CCC#N)c1ccccc1)N1CCCC(COc2ccccc2)C1. The zero-order chi connectivity index (χ0) is 20.5. The van der Waals surface area contributed by atoms with E-state index < -0.39 is 0 Å². The van der Waals surface area contributed by atoms with Crippen LogP contribution in [0.5, 0.6) is 5.75 Å². The summed E-state index contributed by atoms with van der Waals surface area (Å²) in [5, 5.41) is 9.01. The normalized spacial score (nSPS) is 17.9. The highest BCUT2D eigenvalue weighted by Gasteiger charge is 2.30. The van der Waals surface area contributed by atoms with Gasteiger partial charge in [-0.2, -0.15) is 5.26 Å². The predicted molar refractivity (Wildman–Crippen MR) is 115 cm³/mol. The molecular weight excluding hydrogens is 362 g/mol. The Morgan fingerprint density at radius 2 is 1.90 bits per heavy atom. The Morgan fingerprint density at radius 3 is 2.59 bits per heavy atom. The van der Waals surface area contributed by atoms with E-state index in [-0.39, 0.29) is 11.9 Å². The van der Waals surface area contributed by atoms with Gasteiger partial charge in [0, 0.05) is 24.7 Å². The fourth-order valence-electron chi connectivity index (χ4n) is 3.83. The van der Waals surface area contributed by atoms with Gasteiger partial charge in [-0.15, -0.1) is 0 Å². The number of hydrogen-bond donors (Lipinski definition) is 0. The van der Waals surface area contributed by atoms with Gasteiger partial charge in [0.15, 0.2) is 0 Å². The molecule has 1 aliphatic rings. The van der Waals surface area contributed by atoms with Gasteiger partial charge >= 0.3 is 0 Å². The molecule has 0 bridgehead atoms. The number of piperidine rings is 1. The second kappa shape index (κ2) is 10.6. The number of rotatable bonds is 8. The van der Waals surface area contributed by atoms with E-state index in [1.165, 1.54) is 0 Å². The molecule has 5 heteroatoms. The van der Waals surface area contributed by atoms with Crippen LogP contribution in [0.4, 0.5) is 5.69 Å². The minimum atomic E-state index is -0.228. The molecule has 1 amide bonds. The zero-order valence-corrected chi connectivity index (χ0v) is 17.0. The largest absolute Gasteiger partial charge is 0.493 e. The number of nitriles is 1. The Bertz CT molecular complexity index is 804. The van der Waals surface area contributed by atoms with E-state index >= 15 is 0 Å². The van der Waals surface area contributed by atoms with E-state index in [1.54, 1.807) is 4.90 Å². The molecule has 29 heavy (non-hydrogen) atoms. The average molecular weight is 392 g/mol. The molecule has 2 atom stereocenters. The molecule has 1 aliphatic heterocycles. The monoisotopic (exact) mass is 391 g/mol. The minimum absolute atomic E-state index is 0.0519. The summed E-state index contributed by atoms with van der Waals surface area (Å²) in [5.41, 5.74) is 0.848. The fraction of sp³-hybridized carbons (Fsp3) is 0.417. The lowest BCUT2D eigenvalue weighted by Gasteiger charge is -2.38. The molecule has 152 valence electrons. The molecule has 0 radical (unpaired) electrons. The van der Waals surface area contributed by atoms with Gasteiger partial charge < -0.3 is 9.64 Å². The summed E-state index contributed by atoms with van der Waals surface area (Å²) in [7, 11) is 0. The molecule has 1 heterocycles. The highest BCUT2D eigenvalue weighted by atomic mass is 16.5. The molecule has 0 N–H and O–H groups in total. The van der Waals surface area contributed by atoms with Gasteiger partial charge in [0.1, 0.15) is 5.75 Å². The van der Waals surface area contributed by atoms with Crippen LogP contribution >= 0.6 is 0 Å². The first-order chi connectivity index (χ1) is 14.2. The van der Waals surface area contributed by atoms with E-state index in [1.807, 2.05) is 67.6 Å². The van der Waals surface area contributed by atoms with Crippen molar-refractivity contribution in [1.29, 1.82) is 5.26 Å². The number of para-hydroxylation sites is 2. The van der Waals surface area contributed by atoms with Crippen LogP contribution in [-0.2, 0) is 4.79 Å². The number of ether oxygens (including phenoxy) is 1. The molecule has 2 aromatic rings. The molecule has 1 saturated heterocycles. The van der Waals surface area contributed by atoms with Crippen molar-refractivity contribution in [2.45, 2.75) is 32.2 Å². The third-order valence-electron chi connectivity index (χ3n) is 5.47. The Balaban J connectivity index is 1.61. The summed E-state index contributed by atoms with van der Waals surface area (Å²) in [6.07, 6.45) is 2.49. The molecule has 0 aromatic heterocycles. The highest BCUT2D eigenvalue weighted by molar-refractivity contribution is 5.97. The van der Waals surface area contributed by atoms with Crippen molar-refractivity contribution < 1.29 is 9.53 Å². The second-order valence-electron chi connectivity index (χ2n) is 7.54. The first kappa shape index (κ1) is 20.9. The van der Waals surface area contributed by atoms with Crippen molar-refractivity contribution in [3.63, 3.8) is 0 Å². The van der Waals surface area contributed by atoms with Gasteiger partial charge in [-0.3, -0.25) is 9.69 Å². The van der Waals surface area contributed by atoms with Crippen molar-refractivity contribution in [2.24, 2.45) is 5.92 Å². The number of nitrogens with zero attached hydrogens (tertiary/aromatic N) is 3. The summed E-state index contributed by atoms with van der Waals surface area (Å²) in [5.74, 6) is 1.35. The summed E-state index contributed by atoms with van der Waals surface area (Å²) < 4.78 is 5.95. The van der Waals surface area contributed by atoms with E-state index in [0.717, 1.165) is 37.4 Å². The molecule has 0 saturated carbocycles. The highest BCUT2D eigenvalue weighted by Crippen LogP contribution is 2.23. The summed E-state index contributed by atoms with van der Waals surface area (Å²) >= 11 is 0. The number of anilines is 1. The quantitative estimate of drug-likeness (QED) is 0.679. The van der Waals surface area contributed by atoms with Crippen molar-refractivity contribution in [3.8, 4) is 11.8 Å². The van der Waals surface area contributed by atoms with Gasteiger partial charge in [-0.1, -0.05) is 36.4 Å². The lowest BCUT2D eigenvalue weighted by atomic mass is 9.97. The molecule has 0 aliphatic carbocycles. The van der Waals surface area contributed by atoms with Gasteiger partial charge in [-0.25, -0.2) is 0 Å². The fourth-order valence-corrected chi connectivity index (χ4v) is 3.83. The molecule has 2 aromatic carbocycles. The Kier molecular flexibility index (Phi) is 7.66. The molecule has 1 fully saturated rings. The van der Waals surface area contributed by atoms with Crippen molar-refractivity contribution in [1.82, 2.24) is 4.90 Å². The summed E-state index contributed by atoms with van der Waals surface area (Å²) in [6, 6.07) is 21.4. The van der Waals surface area contributed by atoms with E-state index in [0.29, 0.717) is 25.5 Å². The smallest absolute Gasteiger partial charge is 0.244 e. The zero-order valence-electron chi connectivity index (χ0n) is 17.0. The number of likely N-dealkylation sites (tertiary alicyclic amines) is 1. The van der Waals surface area contributed by atoms with E-state index in [4.69, 9.17) is 10.00 Å². The average Bonchev–Trinajstić information content (AvgIpc) is 2.79. The van der Waals surface area contributed by atoms with Gasteiger partial charge in [0.25, 0.3) is 0 Å². The van der Waals surface area contributed by atoms with Crippen molar-refractivity contribution in [3.05, 3.63) is 60.7 Å². The first-order valence-corrected chi connectivity index (χ1v) is 10.3. The lowest BCUT2D eigenvalue weighted by molar-refractivity contribution is -0.124. The van der Waals surface area contributed by atoms with Crippen LogP contribution in [0.2, 0.25) is 0 Å². The Hall–Kier alpha value is -2.84. The van der Waals surface area contributed by atoms with Gasteiger partial charge in [-0.05, 0) is 50.6 Å². The third-order valence-corrected chi connectivity index (χ3v) is 5.47. The van der Waals surface area contributed by atoms with Crippen LogP contribution in [0.25, 0.3) is 0 Å². The lowest BCUT2D eigenvalue weighted by Crippen LogP contribution is -2.51. The third kappa shape index (κ3) is 5.82. The molecule has 0 spiro atoms. The standard InChI is InChI=1S/C24H29N3O2/c1-20(24(28)27(17-9-15-25)22-11-4-2-5-12-22)26-16-8-10-21(18-26)19-29-23-13-6-3-7-14-23/h2-7,11-14,20-21H,8-10,16-19H2,1H3. The number of hydrogen-bond acceptors (Lipinski definition) is 4. The predicted octanol–water partition coefficient (Wildman–Crippen LogP) is 4.11. The maximum absolute atomic E-state index is 13.3. The van der Waals surface area contributed by atoms with Crippen molar-refractivity contribution >= 4 is 11.6 Å². The maximum atomic E-state index is 13.3. The minimum Gasteiger partial charge on any atom is -0.493 e. The van der Waals surface area contributed by atoms with E-state index in [2.05, 4.69) is 11.0 Å². The summed E-state index contributed by atoms with van der Waals surface area (Å²) in [4.78, 5) is 17.3. The molecular formula is C24H29N3O2. The first-order valence-electron chi connectivity index (χ1n) is 10.3. The number of carbonyl (C=O) groups is 1. The van der Waals surface area contributed by atoms with E-state index in [9.17, 15) is 4.79 Å². The molecule has 3 rings (SSSR count). The Morgan fingerprint density at radius 1 is 1.21 bits per heavy atom. The van der Waals surface area contributed by atoms with Crippen LogP contribution in [-0.4, -0.2) is 43.1 Å². The van der Waals surface area contributed by atoms with Crippen LogP contribution in [0.15, 0.2) is 60.7 Å². The number of carbonyl (C=O) groups excluding carboxylic acids is 1. The van der Waals surface area contributed by atoms with Crippen LogP contribution in [0.1, 0.15) is 26.2 Å². The molecule has 5 nitrogen and oxygen atoms in total. The number of benzene rings is 2. The molecule has 2 unspecified atom stereocenters. The van der Waals surface area contributed by atoms with Crippen LogP contribution in [0, 0.1) is 17.2 Å². The Labute approximate surface area is 173 Å². The van der Waals surface area contributed by atoms with Crippen LogP contribution in [0.3, 0.4) is 0 Å².